The minimum Gasteiger partial charge on any atom is -0.372 e. The summed E-state index contributed by atoms with van der Waals surface area (Å²) in [6.45, 7) is 0. The van der Waals surface area contributed by atoms with Crippen molar-refractivity contribution >= 4 is 23.1 Å². The fraction of sp³-hybridized carbons (Fsp3) is 0.0833. The highest BCUT2D eigenvalue weighted by molar-refractivity contribution is 6.02. The van der Waals surface area contributed by atoms with E-state index in [1.165, 1.54) is 30.3 Å². The van der Waals surface area contributed by atoms with E-state index in [1.54, 1.807) is 13.1 Å². The van der Waals surface area contributed by atoms with Crippen molar-refractivity contribution < 1.29 is 9.72 Å². The molecule has 8 heteroatoms. The number of carbonyl (C=O) groups excluding carboxylic acids is 1. The summed E-state index contributed by atoms with van der Waals surface area (Å²) in [7, 11) is 1.70. The Labute approximate surface area is 114 Å². The zero-order chi connectivity index (χ0) is 14.5. The van der Waals surface area contributed by atoms with E-state index in [0.717, 1.165) is 0 Å². The van der Waals surface area contributed by atoms with Crippen molar-refractivity contribution in [3.05, 3.63) is 52.2 Å². The Morgan fingerprint density at radius 3 is 2.35 bits per heavy atom. The lowest BCUT2D eigenvalue weighted by atomic mass is 10.2. The Morgan fingerprint density at radius 1 is 1.15 bits per heavy atom. The van der Waals surface area contributed by atoms with Crippen LogP contribution in [-0.2, 0) is 0 Å². The van der Waals surface area contributed by atoms with Crippen LogP contribution >= 0.6 is 0 Å². The molecule has 0 unspecified atom stereocenters. The van der Waals surface area contributed by atoms with Gasteiger partial charge in [-0.05, 0) is 24.3 Å². The van der Waals surface area contributed by atoms with Gasteiger partial charge in [0, 0.05) is 24.9 Å². The minimum atomic E-state index is -0.506. The van der Waals surface area contributed by atoms with Crippen LogP contribution in [0.5, 0.6) is 0 Å². The van der Waals surface area contributed by atoms with Crippen LogP contribution in [0, 0.1) is 10.1 Å². The molecular formula is C12H11N5O3. The zero-order valence-electron chi connectivity index (χ0n) is 10.5. The van der Waals surface area contributed by atoms with E-state index in [1.807, 2.05) is 0 Å². The first kappa shape index (κ1) is 13.4. The van der Waals surface area contributed by atoms with Gasteiger partial charge in [-0.2, -0.15) is 0 Å². The molecule has 0 radical (unpaired) electrons. The number of nitro groups is 1. The molecule has 20 heavy (non-hydrogen) atoms. The van der Waals surface area contributed by atoms with Crippen LogP contribution in [0.1, 0.15) is 10.5 Å². The average Bonchev–Trinajstić information content (AvgIpc) is 2.48. The van der Waals surface area contributed by atoms with Gasteiger partial charge in [-0.1, -0.05) is 0 Å². The van der Waals surface area contributed by atoms with Gasteiger partial charge < -0.3 is 10.6 Å². The van der Waals surface area contributed by atoms with Crippen molar-refractivity contribution in [2.75, 3.05) is 17.7 Å². The van der Waals surface area contributed by atoms with Crippen LogP contribution < -0.4 is 10.6 Å². The topological polar surface area (TPSA) is 110 Å². The Kier molecular flexibility index (Phi) is 3.85. The van der Waals surface area contributed by atoms with E-state index < -0.39 is 10.8 Å². The number of anilines is 2. The molecule has 0 atom stereocenters. The summed E-state index contributed by atoms with van der Waals surface area (Å²) in [4.78, 5) is 21.9. The number of carbonyl (C=O) groups is 1. The van der Waals surface area contributed by atoms with Gasteiger partial charge in [0.15, 0.2) is 5.69 Å². The number of nitro benzene ring substituents is 1. The van der Waals surface area contributed by atoms with E-state index in [2.05, 4.69) is 20.8 Å². The van der Waals surface area contributed by atoms with Gasteiger partial charge in [-0.25, -0.2) is 0 Å². The Bertz CT molecular complexity index is 625. The number of aromatic nitrogens is 2. The van der Waals surface area contributed by atoms with Gasteiger partial charge in [0.1, 0.15) is 5.82 Å². The summed E-state index contributed by atoms with van der Waals surface area (Å²) < 4.78 is 0. The van der Waals surface area contributed by atoms with Gasteiger partial charge in [-0.3, -0.25) is 14.9 Å². The predicted octanol–water partition coefficient (Wildman–Crippen LogP) is 1.68. The molecule has 0 spiro atoms. The van der Waals surface area contributed by atoms with E-state index in [-0.39, 0.29) is 11.4 Å². The van der Waals surface area contributed by atoms with Crippen molar-refractivity contribution in [3.63, 3.8) is 0 Å². The molecule has 1 amide bonds. The number of rotatable bonds is 4. The lowest BCUT2D eigenvalue weighted by molar-refractivity contribution is -0.384. The number of benzene rings is 1. The second kappa shape index (κ2) is 5.74. The monoisotopic (exact) mass is 273 g/mol. The molecule has 0 saturated carbocycles. The van der Waals surface area contributed by atoms with Crippen LogP contribution in [0.15, 0.2) is 36.4 Å². The van der Waals surface area contributed by atoms with Gasteiger partial charge in [0.05, 0.1) is 4.92 Å². The Morgan fingerprint density at radius 2 is 1.85 bits per heavy atom. The fourth-order valence-corrected chi connectivity index (χ4v) is 1.45. The highest BCUT2D eigenvalue weighted by Crippen LogP contribution is 2.16. The highest BCUT2D eigenvalue weighted by Gasteiger charge is 2.10. The molecule has 0 fully saturated rings. The molecule has 0 aliphatic carbocycles. The fourth-order valence-electron chi connectivity index (χ4n) is 1.45. The number of nitrogens with one attached hydrogen (secondary N) is 2. The molecule has 2 rings (SSSR count). The first-order valence-corrected chi connectivity index (χ1v) is 5.67. The molecule has 1 heterocycles. The Balaban J connectivity index is 2.08. The number of amides is 1. The van der Waals surface area contributed by atoms with Crippen LogP contribution in [0.25, 0.3) is 0 Å². The first-order chi connectivity index (χ1) is 9.60. The standard InChI is InChI=1S/C12H11N5O3/c1-13-11-7-6-10(15-16-11)12(18)14-8-2-4-9(5-3-8)17(19)20/h2-7H,1H3,(H,13,16)(H,14,18). The van der Waals surface area contributed by atoms with Crippen molar-refractivity contribution in [1.82, 2.24) is 10.2 Å². The number of non-ortho nitro benzene ring substituents is 1. The third-order valence-electron chi connectivity index (χ3n) is 2.49. The normalized spacial score (nSPS) is 9.85. The summed E-state index contributed by atoms with van der Waals surface area (Å²) in [5, 5.41) is 23.4. The van der Waals surface area contributed by atoms with Gasteiger partial charge in [-0.15, -0.1) is 10.2 Å². The van der Waals surface area contributed by atoms with E-state index in [9.17, 15) is 14.9 Å². The van der Waals surface area contributed by atoms with Crippen molar-refractivity contribution in [3.8, 4) is 0 Å². The first-order valence-electron chi connectivity index (χ1n) is 5.67. The molecule has 0 aliphatic rings. The second-order valence-corrected chi connectivity index (χ2v) is 3.81. The number of nitrogens with zero attached hydrogens (tertiary/aromatic N) is 3. The van der Waals surface area contributed by atoms with Crippen molar-refractivity contribution in [2.24, 2.45) is 0 Å². The SMILES string of the molecule is CNc1ccc(C(=O)Nc2ccc([N+](=O)[O-])cc2)nn1. The molecule has 1 aromatic carbocycles. The van der Waals surface area contributed by atoms with Crippen LogP contribution in [0.4, 0.5) is 17.2 Å². The summed E-state index contributed by atoms with van der Waals surface area (Å²) in [5.41, 5.74) is 0.559. The third kappa shape index (κ3) is 3.05. The Hall–Kier alpha value is -3.03. The van der Waals surface area contributed by atoms with E-state index in [0.29, 0.717) is 11.5 Å². The third-order valence-corrected chi connectivity index (χ3v) is 2.49. The van der Waals surface area contributed by atoms with Crippen LogP contribution in [-0.4, -0.2) is 28.1 Å². The molecule has 0 aliphatic heterocycles. The quantitative estimate of drug-likeness (QED) is 0.647. The molecule has 2 aromatic rings. The number of hydrogen-bond acceptors (Lipinski definition) is 6. The summed E-state index contributed by atoms with van der Waals surface area (Å²) >= 11 is 0. The van der Waals surface area contributed by atoms with Crippen molar-refractivity contribution in [1.29, 1.82) is 0 Å². The second-order valence-electron chi connectivity index (χ2n) is 3.81. The molecule has 102 valence electrons. The lowest BCUT2D eigenvalue weighted by Crippen LogP contribution is -2.14. The maximum Gasteiger partial charge on any atom is 0.276 e. The largest absolute Gasteiger partial charge is 0.372 e. The maximum absolute atomic E-state index is 11.9. The lowest BCUT2D eigenvalue weighted by Gasteiger charge is -2.04. The van der Waals surface area contributed by atoms with Gasteiger partial charge in [0.2, 0.25) is 0 Å². The molecule has 0 bridgehead atoms. The average molecular weight is 273 g/mol. The van der Waals surface area contributed by atoms with E-state index in [4.69, 9.17) is 0 Å². The maximum atomic E-state index is 11.9. The molecule has 0 saturated heterocycles. The minimum absolute atomic E-state index is 0.0406. The molecular weight excluding hydrogens is 262 g/mol. The van der Waals surface area contributed by atoms with Crippen LogP contribution in [0.3, 0.4) is 0 Å². The molecule has 1 aromatic heterocycles. The van der Waals surface area contributed by atoms with Crippen molar-refractivity contribution in [2.45, 2.75) is 0 Å². The van der Waals surface area contributed by atoms with E-state index >= 15 is 0 Å². The smallest absolute Gasteiger partial charge is 0.276 e. The zero-order valence-corrected chi connectivity index (χ0v) is 10.5. The number of hydrogen-bond donors (Lipinski definition) is 2. The van der Waals surface area contributed by atoms with Gasteiger partial charge >= 0.3 is 0 Å². The molecule has 8 nitrogen and oxygen atoms in total. The predicted molar refractivity (Wildman–Crippen MR) is 72.6 cm³/mol. The van der Waals surface area contributed by atoms with Crippen LogP contribution in [0.2, 0.25) is 0 Å². The summed E-state index contributed by atoms with van der Waals surface area (Å²) in [6, 6.07) is 8.67. The summed E-state index contributed by atoms with van der Waals surface area (Å²) in [5.74, 6) is 0.117. The molecule has 2 N–H and O–H groups in total. The summed E-state index contributed by atoms with van der Waals surface area (Å²) in [6.07, 6.45) is 0. The highest BCUT2D eigenvalue weighted by atomic mass is 16.6. The van der Waals surface area contributed by atoms with Gasteiger partial charge in [0.25, 0.3) is 11.6 Å².